The fourth-order valence-corrected chi connectivity index (χ4v) is 2.04. The van der Waals surface area contributed by atoms with Crippen LogP contribution in [0.3, 0.4) is 0 Å². The highest BCUT2D eigenvalue weighted by molar-refractivity contribution is 5.74. The van der Waals surface area contributed by atoms with E-state index < -0.39 is 0 Å². The van der Waals surface area contributed by atoms with Gasteiger partial charge in [-0.1, -0.05) is 17.3 Å². The third-order valence-corrected chi connectivity index (χ3v) is 2.86. The Labute approximate surface area is 109 Å². The summed E-state index contributed by atoms with van der Waals surface area (Å²) < 4.78 is 12.4. The van der Waals surface area contributed by atoms with E-state index in [0.29, 0.717) is 6.61 Å². The van der Waals surface area contributed by atoms with Gasteiger partial charge in [-0.05, 0) is 24.3 Å². The molecule has 3 rings (SSSR count). The van der Waals surface area contributed by atoms with Gasteiger partial charge in [-0.25, -0.2) is 4.68 Å². The maximum Gasteiger partial charge on any atom is 0.303 e. The van der Waals surface area contributed by atoms with E-state index in [1.807, 2.05) is 36.4 Å². The van der Waals surface area contributed by atoms with Crippen molar-refractivity contribution in [1.29, 1.82) is 0 Å². The Kier molecular flexibility index (Phi) is 3.00. The minimum Gasteiger partial charge on any atom is -0.456 e. The number of nitrogens with zero attached hydrogens (tertiary/aromatic N) is 3. The molecule has 0 N–H and O–H groups in total. The summed E-state index contributed by atoms with van der Waals surface area (Å²) in [5.41, 5.74) is 1.73. The lowest BCUT2D eigenvalue weighted by Gasteiger charge is -2.23. The second kappa shape index (κ2) is 4.81. The molecular weight excluding hydrogens is 246 g/mol. The summed E-state index contributed by atoms with van der Waals surface area (Å²) in [6, 6.07) is 7.67. The van der Waals surface area contributed by atoms with E-state index in [1.54, 1.807) is 4.68 Å². The van der Waals surface area contributed by atoms with E-state index in [4.69, 9.17) is 9.47 Å². The van der Waals surface area contributed by atoms with Gasteiger partial charge in [0.05, 0.1) is 12.1 Å². The smallest absolute Gasteiger partial charge is 0.303 e. The largest absolute Gasteiger partial charge is 0.456 e. The Balaban J connectivity index is 1.83. The first kappa shape index (κ1) is 11.9. The number of rotatable bonds is 2. The Morgan fingerprint density at radius 3 is 3.00 bits per heavy atom. The fourth-order valence-electron chi connectivity index (χ4n) is 2.04. The molecule has 1 aromatic heterocycles. The minimum absolute atomic E-state index is 0.314. The highest BCUT2D eigenvalue weighted by Gasteiger charge is 2.21. The quantitative estimate of drug-likeness (QED) is 0.603. The molecule has 1 aliphatic heterocycles. The lowest BCUT2D eigenvalue weighted by atomic mass is 10.2. The van der Waals surface area contributed by atoms with Crippen molar-refractivity contribution in [2.75, 3.05) is 6.61 Å². The summed E-state index contributed by atoms with van der Waals surface area (Å²) >= 11 is 0. The third kappa shape index (κ3) is 2.34. The van der Waals surface area contributed by atoms with Crippen LogP contribution in [0.15, 0.2) is 36.4 Å². The van der Waals surface area contributed by atoms with Crippen molar-refractivity contribution < 1.29 is 14.3 Å². The summed E-state index contributed by atoms with van der Waals surface area (Å²) in [6.45, 7) is 1.69. The number of para-hydroxylation sites is 1. The summed E-state index contributed by atoms with van der Waals surface area (Å²) in [6.07, 6.45) is 2.98. The zero-order chi connectivity index (χ0) is 13.2. The molecule has 19 heavy (non-hydrogen) atoms. The Bertz CT molecular complexity index is 635. The highest BCUT2D eigenvalue weighted by atomic mass is 16.6. The van der Waals surface area contributed by atoms with Crippen LogP contribution in [0.25, 0.3) is 11.0 Å². The van der Waals surface area contributed by atoms with Crippen LogP contribution in [-0.4, -0.2) is 33.7 Å². The SMILES string of the molecule is CC(=O)O[C@@H]1C=C[C@@H](n2nnc3ccccc32)OC1. The summed E-state index contributed by atoms with van der Waals surface area (Å²) in [5.74, 6) is -0.317. The van der Waals surface area contributed by atoms with E-state index in [-0.39, 0.29) is 18.3 Å². The first-order valence-electron chi connectivity index (χ1n) is 6.01. The predicted octanol–water partition coefficient (Wildman–Crippen LogP) is 1.45. The van der Waals surface area contributed by atoms with Crippen LogP contribution in [0.1, 0.15) is 13.2 Å². The summed E-state index contributed by atoms with van der Waals surface area (Å²) in [4.78, 5) is 10.9. The number of aromatic nitrogens is 3. The van der Waals surface area contributed by atoms with Crippen LogP contribution in [0.4, 0.5) is 0 Å². The number of carbonyl (C=O) groups is 1. The average molecular weight is 259 g/mol. The molecule has 2 atom stereocenters. The lowest BCUT2D eigenvalue weighted by Crippen LogP contribution is -2.27. The molecule has 0 bridgehead atoms. The van der Waals surface area contributed by atoms with Crippen LogP contribution in [0.5, 0.6) is 0 Å². The first-order valence-corrected chi connectivity index (χ1v) is 6.01. The number of benzene rings is 1. The predicted molar refractivity (Wildman–Crippen MR) is 67.2 cm³/mol. The molecule has 2 heterocycles. The molecule has 98 valence electrons. The van der Waals surface area contributed by atoms with Gasteiger partial charge in [0.25, 0.3) is 0 Å². The standard InChI is InChI=1S/C13H13N3O3/c1-9(17)19-10-6-7-13(18-8-10)16-12-5-3-2-4-11(12)14-15-16/h2-7,10,13H,8H2,1H3/t10-,13+/m1/s1. The highest BCUT2D eigenvalue weighted by Crippen LogP contribution is 2.21. The van der Waals surface area contributed by atoms with Crippen LogP contribution < -0.4 is 0 Å². The molecule has 0 saturated heterocycles. The van der Waals surface area contributed by atoms with Crippen molar-refractivity contribution >= 4 is 17.0 Å². The van der Waals surface area contributed by atoms with Crippen molar-refractivity contribution in [3.8, 4) is 0 Å². The molecule has 6 heteroatoms. The minimum atomic E-state index is -0.330. The Hall–Kier alpha value is -2.21. The molecule has 0 amide bonds. The molecule has 6 nitrogen and oxygen atoms in total. The molecule has 0 saturated carbocycles. The number of hydrogen-bond acceptors (Lipinski definition) is 5. The third-order valence-electron chi connectivity index (χ3n) is 2.86. The number of fused-ring (bicyclic) bond motifs is 1. The van der Waals surface area contributed by atoms with E-state index >= 15 is 0 Å². The van der Waals surface area contributed by atoms with Crippen LogP contribution >= 0.6 is 0 Å². The second-order valence-corrected chi connectivity index (χ2v) is 4.28. The van der Waals surface area contributed by atoms with Gasteiger partial charge in [0.2, 0.25) is 0 Å². The zero-order valence-electron chi connectivity index (χ0n) is 10.4. The van der Waals surface area contributed by atoms with Crippen LogP contribution in [0, 0.1) is 0 Å². The van der Waals surface area contributed by atoms with E-state index in [9.17, 15) is 4.79 Å². The molecule has 1 aliphatic rings. The summed E-state index contributed by atoms with van der Waals surface area (Å²) in [5, 5.41) is 8.16. The monoisotopic (exact) mass is 259 g/mol. The molecular formula is C13H13N3O3. The summed E-state index contributed by atoms with van der Waals surface area (Å²) in [7, 11) is 0. The van der Waals surface area contributed by atoms with Gasteiger partial charge in [0, 0.05) is 6.92 Å². The van der Waals surface area contributed by atoms with Gasteiger partial charge in [-0.15, -0.1) is 5.10 Å². The van der Waals surface area contributed by atoms with Crippen molar-refractivity contribution in [1.82, 2.24) is 15.0 Å². The Morgan fingerprint density at radius 2 is 2.26 bits per heavy atom. The second-order valence-electron chi connectivity index (χ2n) is 4.28. The number of hydrogen-bond donors (Lipinski definition) is 0. The topological polar surface area (TPSA) is 66.2 Å². The van der Waals surface area contributed by atoms with Crippen LogP contribution in [0.2, 0.25) is 0 Å². The van der Waals surface area contributed by atoms with Gasteiger partial charge >= 0.3 is 5.97 Å². The maximum absolute atomic E-state index is 10.9. The lowest BCUT2D eigenvalue weighted by molar-refractivity contribution is -0.149. The molecule has 2 aromatic rings. The van der Waals surface area contributed by atoms with E-state index in [0.717, 1.165) is 11.0 Å². The van der Waals surface area contributed by atoms with Crippen molar-refractivity contribution in [2.24, 2.45) is 0 Å². The molecule has 0 spiro atoms. The van der Waals surface area contributed by atoms with Gasteiger partial charge in [-0.2, -0.15) is 0 Å². The molecule has 0 fully saturated rings. The van der Waals surface area contributed by atoms with Gasteiger partial charge in [0.15, 0.2) is 6.23 Å². The van der Waals surface area contributed by atoms with Crippen LogP contribution in [-0.2, 0) is 14.3 Å². The molecule has 0 radical (unpaired) electrons. The molecule has 0 unspecified atom stereocenters. The van der Waals surface area contributed by atoms with E-state index in [1.165, 1.54) is 6.92 Å². The number of esters is 1. The number of ether oxygens (including phenoxy) is 2. The van der Waals surface area contributed by atoms with E-state index in [2.05, 4.69) is 10.3 Å². The molecule has 1 aromatic carbocycles. The zero-order valence-corrected chi connectivity index (χ0v) is 10.4. The maximum atomic E-state index is 10.9. The first-order chi connectivity index (χ1) is 9.24. The Morgan fingerprint density at radius 1 is 1.42 bits per heavy atom. The van der Waals surface area contributed by atoms with Gasteiger partial charge in [0.1, 0.15) is 11.6 Å². The normalized spacial score (nSPS) is 22.6. The average Bonchev–Trinajstić information content (AvgIpc) is 2.83. The van der Waals surface area contributed by atoms with Crippen molar-refractivity contribution in [2.45, 2.75) is 19.3 Å². The van der Waals surface area contributed by atoms with Gasteiger partial charge < -0.3 is 9.47 Å². The molecule has 0 aliphatic carbocycles. The fraction of sp³-hybridized carbons (Fsp3) is 0.308. The number of carbonyl (C=O) groups excluding carboxylic acids is 1. The van der Waals surface area contributed by atoms with Gasteiger partial charge in [-0.3, -0.25) is 4.79 Å². The van der Waals surface area contributed by atoms with Crippen molar-refractivity contribution in [3.63, 3.8) is 0 Å². The van der Waals surface area contributed by atoms with Crippen molar-refractivity contribution in [3.05, 3.63) is 36.4 Å².